The molecular weight excluding hydrogens is 650 g/mol. The summed E-state index contributed by atoms with van der Waals surface area (Å²) in [4.78, 5) is 39.5. The highest BCUT2D eigenvalue weighted by Crippen LogP contribution is 2.35. The van der Waals surface area contributed by atoms with Gasteiger partial charge in [-0.1, -0.05) is 18.2 Å². The molecule has 6 aromatic rings. The van der Waals surface area contributed by atoms with Gasteiger partial charge in [-0.3, -0.25) is 9.36 Å². The van der Waals surface area contributed by atoms with Crippen molar-refractivity contribution in [2.45, 2.75) is 64.0 Å². The highest BCUT2D eigenvalue weighted by atomic mass is 19.1. The van der Waals surface area contributed by atoms with Crippen molar-refractivity contribution in [1.82, 2.24) is 28.4 Å². The van der Waals surface area contributed by atoms with Crippen LogP contribution in [0.25, 0.3) is 33.5 Å². The molecule has 2 fully saturated rings. The lowest BCUT2D eigenvalue weighted by atomic mass is 9.83. The molecule has 0 atom stereocenters. The van der Waals surface area contributed by atoms with Gasteiger partial charge in [-0.2, -0.15) is 0 Å². The Balaban J connectivity index is 1.09. The van der Waals surface area contributed by atoms with Crippen LogP contribution in [0.1, 0.15) is 62.2 Å². The number of fused-ring (bicyclic) bond motifs is 2. The van der Waals surface area contributed by atoms with Gasteiger partial charge in [0.25, 0.3) is 5.56 Å². The van der Waals surface area contributed by atoms with Gasteiger partial charge in [0.1, 0.15) is 23.0 Å². The zero-order valence-corrected chi connectivity index (χ0v) is 28.5. The number of imidazole rings is 1. The van der Waals surface area contributed by atoms with E-state index in [0.29, 0.717) is 36.6 Å². The summed E-state index contributed by atoms with van der Waals surface area (Å²) in [5, 5.41) is 10.4. The van der Waals surface area contributed by atoms with Crippen molar-refractivity contribution in [3.63, 3.8) is 0 Å². The third-order valence-corrected chi connectivity index (χ3v) is 10.6. The highest BCUT2D eigenvalue weighted by molar-refractivity contribution is 5.77. The highest BCUT2D eigenvalue weighted by Gasteiger charge is 2.28. The number of rotatable bonds is 10. The molecule has 2 aromatic carbocycles. The second-order valence-corrected chi connectivity index (χ2v) is 14.4. The van der Waals surface area contributed by atoms with Gasteiger partial charge in [0.15, 0.2) is 5.65 Å². The molecule has 8 rings (SSSR count). The summed E-state index contributed by atoms with van der Waals surface area (Å²) in [6, 6.07) is 16.7. The SMILES string of the molecule is CN(Cc1cc(O)ccc1-c1cccc(-n2c(=O)n(C3CCC(CCc4cn5cc(F)ccc5n4)CC3)c(=O)c3cc(F)cnc32)c1)CC1CC1. The van der Waals surface area contributed by atoms with Crippen molar-refractivity contribution in [2.24, 2.45) is 11.8 Å². The van der Waals surface area contributed by atoms with Gasteiger partial charge in [-0.15, -0.1) is 0 Å². The third kappa shape index (κ3) is 6.82. The van der Waals surface area contributed by atoms with Crippen molar-refractivity contribution < 1.29 is 13.9 Å². The molecule has 2 aliphatic carbocycles. The van der Waals surface area contributed by atoms with Crippen molar-refractivity contribution in [2.75, 3.05) is 13.6 Å². The van der Waals surface area contributed by atoms with Crippen LogP contribution in [0.3, 0.4) is 0 Å². The van der Waals surface area contributed by atoms with Crippen LogP contribution in [0.5, 0.6) is 5.75 Å². The number of phenolic OH excluding ortho intramolecular Hbond substituents is 1. The summed E-state index contributed by atoms with van der Waals surface area (Å²) in [5.74, 6) is 0.339. The van der Waals surface area contributed by atoms with Crippen LogP contribution in [0.4, 0.5) is 8.78 Å². The third-order valence-electron chi connectivity index (χ3n) is 10.6. The maximum atomic E-state index is 14.6. The van der Waals surface area contributed by atoms with E-state index in [1.165, 1.54) is 40.3 Å². The van der Waals surface area contributed by atoms with E-state index in [1.807, 2.05) is 30.5 Å². The van der Waals surface area contributed by atoms with Gasteiger partial charge in [0, 0.05) is 31.5 Å². The predicted octanol–water partition coefficient (Wildman–Crippen LogP) is 7.05. The predicted molar refractivity (Wildman–Crippen MR) is 192 cm³/mol. The average molecular weight is 691 g/mol. The van der Waals surface area contributed by atoms with E-state index >= 15 is 0 Å². The van der Waals surface area contributed by atoms with E-state index in [4.69, 9.17) is 0 Å². The monoisotopic (exact) mass is 690 g/mol. The fourth-order valence-corrected chi connectivity index (χ4v) is 7.82. The lowest BCUT2D eigenvalue weighted by molar-refractivity contribution is 0.255. The summed E-state index contributed by atoms with van der Waals surface area (Å²) in [6.07, 6.45) is 11.4. The molecule has 2 saturated carbocycles. The van der Waals surface area contributed by atoms with Crippen molar-refractivity contribution in [3.05, 3.63) is 123 Å². The molecule has 4 aromatic heterocycles. The zero-order chi connectivity index (χ0) is 35.2. The lowest BCUT2D eigenvalue weighted by Crippen LogP contribution is -2.43. The Morgan fingerprint density at radius 2 is 1.71 bits per heavy atom. The standard InChI is InChI=1S/C40H40F2N6O3/c1-45(21-26-5-6-26)22-28-18-34(49)14-15-35(28)27-3-2-4-33(17-27)47-38-36(19-30(42)20-43-38)39(50)48(40(47)51)32-12-8-25(9-13-32)7-11-31-24-46-23-29(41)10-16-37(46)44-31/h2-4,10,14-20,23-26,32,49H,5-9,11-13,21-22H2,1H3. The molecule has 11 heteroatoms. The fourth-order valence-electron chi connectivity index (χ4n) is 7.82. The van der Waals surface area contributed by atoms with E-state index in [2.05, 4.69) is 21.9 Å². The van der Waals surface area contributed by atoms with Crippen LogP contribution in [0.15, 0.2) is 88.8 Å². The Labute approximate surface area is 293 Å². The molecule has 0 amide bonds. The van der Waals surface area contributed by atoms with Crippen molar-refractivity contribution in [3.8, 4) is 22.6 Å². The summed E-state index contributed by atoms with van der Waals surface area (Å²) in [5.41, 5.74) is 3.93. The minimum atomic E-state index is -0.646. The minimum absolute atomic E-state index is 0.0532. The first-order valence-corrected chi connectivity index (χ1v) is 17.8. The van der Waals surface area contributed by atoms with Crippen LogP contribution in [-0.4, -0.2) is 47.1 Å². The van der Waals surface area contributed by atoms with Crippen molar-refractivity contribution in [1.29, 1.82) is 0 Å². The van der Waals surface area contributed by atoms with Crippen LogP contribution >= 0.6 is 0 Å². The molecule has 0 radical (unpaired) electrons. The smallest absolute Gasteiger partial charge is 0.337 e. The van der Waals surface area contributed by atoms with Crippen LogP contribution in [0, 0.1) is 23.5 Å². The van der Waals surface area contributed by atoms with E-state index in [9.17, 15) is 23.5 Å². The molecule has 0 bridgehead atoms. The number of aryl methyl sites for hydroxylation is 1. The van der Waals surface area contributed by atoms with Gasteiger partial charge < -0.3 is 14.4 Å². The molecule has 0 saturated heterocycles. The molecule has 0 aliphatic heterocycles. The molecular formula is C40H40F2N6O3. The molecule has 9 nitrogen and oxygen atoms in total. The number of hydrogen-bond acceptors (Lipinski definition) is 6. The quantitative estimate of drug-likeness (QED) is 0.166. The number of pyridine rings is 2. The Kier molecular flexibility index (Phi) is 8.75. The molecule has 1 N–H and O–H groups in total. The molecule has 2 aliphatic rings. The Morgan fingerprint density at radius 3 is 2.51 bits per heavy atom. The first kappa shape index (κ1) is 33.0. The number of hydrogen-bond donors (Lipinski definition) is 1. The van der Waals surface area contributed by atoms with Crippen LogP contribution in [0.2, 0.25) is 0 Å². The van der Waals surface area contributed by atoms with E-state index in [-0.39, 0.29) is 28.6 Å². The molecule has 0 unspecified atom stereocenters. The molecule has 262 valence electrons. The Bertz CT molecular complexity index is 2370. The number of aromatic hydroxyl groups is 1. The fraction of sp³-hybridized carbons (Fsp3) is 0.350. The Hall–Kier alpha value is -5.16. The van der Waals surface area contributed by atoms with Crippen molar-refractivity contribution >= 4 is 16.7 Å². The number of halogens is 2. The Morgan fingerprint density at radius 1 is 0.902 bits per heavy atom. The number of benzene rings is 2. The lowest BCUT2D eigenvalue weighted by Gasteiger charge is -2.30. The summed E-state index contributed by atoms with van der Waals surface area (Å²) in [7, 11) is 2.08. The number of aromatic nitrogens is 5. The first-order valence-electron chi connectivity index (χ1n) is 17.8. The van der Waals surface area contributed by atoms with E-state index in [0.717, 1.165) is 66.7 Å². The normalized spacial score (nSPS) is 17.9. The topological polar surface area (TPSA) is 97.7 Å². The van der Waals surface area contributed by atoms with Crippen LogP contribution < -0.4 is 11.2 Å². The molecule has 4 heterocycles. The first-order chi connectivity index (χ1) is 24.7. The maximum Gasteiger partial charge on any atom is 0.337 e. The van der Waals surface area contributed by atoms with E-state index < -0.39 is 17.1 Å². The van der Waals surface area contributed by atoms with Gasteiger partial charge in [0.2, 0.25) is 0 Å². The van der Waals surface area contributed by atoms with Gasteiger partial charge in [0.05, 0.1) is 23.0 Å². The molecule has 0 spiro atoms. The number of nitrogens with zero attached hydrogens (tertiary/aromatic N) is 6. The largest absolute Gasteiger partial charge is 0.508 e. The van der Waals surface area contributed by atoms with Gasteiger partial charge in [-0.05, 0) is 129 Å². The average Bonchev–Trinajstić information content (AvgIpc) is 3.84. The minimum Gasteiger partial charge on any atom is -0.508 e. The summed E-state index contributed by atoms with van der Waals surface area (Å²) in [6.45, 7) is 1.65. The second kappa shape index (κ2) is 13.5. The van der Waals surface area contributed by atoms with Gasteiger partial charge in [-0.25, -0.2) is 28.1 Å². The molecule has 51 heavy (non-hydrogen) atoms. The number of phenols is 1. The maximum absolute atomic E-state index is 14.6. The van der Waals surface area contributed by atoms with Gasteiger partial charge >= 0.3 is 5.69 Å². The second-order valence-electron chi connectivity index (χ2n) is 14.4. The summed E-state index contributed by atoms with van der Waals surface area (Å²) < 4.78 is 32.7. The van der Waals surface area contributed by atoms with E-state index in [1.54, 1.807) is 28.7 Å². The zero-order valence-electron chi connectivity index (χ0n) is 28.5. The van der Waals surface area contributed by atoms with Crippen LogP contribution in [-0.2, 0) is 13.0 Å². The summed E-state index contributed by atoms with van der Waals surface area (Å²) >= 11 is 0.